The van der Waals surface area contributed by atoms with Crippen molar-refractivity contribution in [3.8, 4) is 11.8 Å². The number of hydrogen-bond acceptors (Lipinski definition) is 3. The van der Waals surface area contributed by atoms with Crippen LogP contribution in [0.1, 0.15) is 16.7 Å². The summed E-state index contributed by atoms with van der Waals surface area (Å²) < 4.78 is 6.59. The molecule has 0 bridgehead atoms. The number of rotatable bonds is 3. The standard InChI is InChI=1S/C15H13BrN2O/c1-10-7-11(8-17)5-6-12(10)9-19-15-13(16)3-2-4-14(15)18/h2-7H,9,18H2,1H3. The Balaban J connectivity index is 2.17. The van der Waals surface area contributed by atoms with Gasteiger partial charge in [0.25, 0.3) is 0 Å². The van der Waals surface area contributed by atoms with Crippen LogP contribution < -0.4 is 10.5 Å². The Bertz CT molecular complexity index is 627. The molecule has 0 aromatic heterocycles. The first-order valence-electron chi connectivity index (χ1n) is 5.78. The highest BCUT2D eigenvalue weighted by Crippen LogP contribution is 2.31. The molecule has 0 aliphatic heterocycles. The molecule has 0 saturated carbocycles. The molecule has 19 heavy (non-hydrogen) atoms. The molecular formula is C15H13BrN2O. The zero-order valence-electron chi connectivity index (χ0n) is 10.5. The summed E-state index contributed by atoms with van der Waals surface area (Å²) in [4.78, 5) is 0. The van der Waals surface area contributed by atoms with Crippen LogP contribution in [0, 0.1) is 18.3 Å². The molecule has 2 aromatic rings. The van der Waals surface area contributed by atoms with Crippen LogP contribution in [0.4, 0.5) is 5.69 Å². The Hall–Kier alpha value is -1.99. The summed E-state index contributed by atoms with van der Waals surface area (Å²) in [6.45, 7) is 2.38. The number of nitrogens with zero attached hydrogens (tertiary/aromatic N) is 1. The van der Waals surface area contributed by atoms with Gasteiger partial charge in [0.05, 0.1) is 21.8 Å². The van der Waals surface area contributed by atoms with E-state index in [0.717, 1.165) is 15.6 Å². The van der Waals surface area contributed by atoms with E-state index in [1.807, 2.05) is 31.2 Å². The first-order chi connectivity index (χ1) is 9.11. The maximum atomic E-state index is 8.83. The fourth-order valence-corrected chi connectivity index (χ4v) is 2.25. The third-order valence-corrected chi connectivity index (χ3v) is 3.47. The highest BCUT2D eigenvalue weighted by Gasteiger charge is 2.07. The molecule has 2 N–H and O–H groups in total. The first kappa shape index (κ1) is 13.4. The molecule has 2 rings (SSSR count). The molecule has 0 unspecified atom stereocenters. The minimum Gasteiger partial charge on any atom is -0.486 e. The Labute approximate surface area is 120 Å². The monoisotopic (exact) mass is 316 g/mol. The van der Waals surface area contributed by atoms with Crippen molar-refractivity contribution in [3.05, 3.63) is 57.6 Å². The fourth-order valence-electron chi connectivity index (χ4n) is 1.76. The third kappa shape index (κ3) is 3.07. The SMILES string of the molecule is Cc1cc(C#N)ccc1COc1c(N)cccc1Br. The third-order valence-electron chi connectivity index (χ3n) is 2.84. The van der Waals surface area contributed by atoms with Gasteiger partial charge in [0.2, 0.25) is 0 Å². The summed E-state index contributed by atoms with van der Waals surface area (Å²) in [5, 5.41) is 8.83. The van der Waals surface area contributed by atoms with E-state index >= 15 is 0 Å². The number of ether oxygens (including phenoxy) is 1. The van der Waals surface area contributed by atoms with Gasteiger partial charge in [-0.1, -0.05) is 12.1 Å². The van der Waals surface area contributed by atoms with E-state index in [4.69, 9.17) is 15.7 Å². The van der Waals surface area contributed by atoms with Gasteiger partial charge in [0.1, 0.15) is 6.61 Å². The van der Waals surface area contributed by atoms with E-state index < -0.39 is 0 Å². The van der Waals surface area contributed by atoms with Crippen molar-refractivity contribution in [2.75, 3.05) is 5.73 Å². The summed E-state index contributed by atoms with van der Waals surface area (Å²) in [5.41, 5.74) is 9.19. The van der Waals surface area contributed by atoms with Crippen LogP contribution >= 0.6 is 15.9 Å². The molecule has 0 aliphatic rings. The van der Waals surface area contributed by atoms with Crippen molar-refractivity contribution in [1.82, 2.24) is 0 Å². The summed E-state index contributed by atoms with van der Waals surface area (Å²) in [5.74, 6) is 0.645. The average molecular weight is 317 g/mol. The molecular weight excluding hydrogens is 304 g/mol. The lowest BCUT2D eigenvalue weighted by Crippen LogP contribution is -2.01. The van der Waals surface area contributed by atoms with Crippen LogP contribution in [0.25, 0.3) is 0 Å². The Kier molecular flexibility index (Phi) is 4.08. The van der Waals surface area contributed by atoms with E-state index in [1.165, 1.54) is 0 Å². The summed E-state index contributed by atoms with van der Waals surface area (Å²) >= 11 is 3.41. The molecule has 0 fully saturated rings. The van der Waals surface area contributed by atoms with Gasteiger partial charge in [-0.15, -0.1) is 0 Å². The van der Waals surface area contributed by atoms with Crippen LogP contribution in [0.5, 0.6) is 5.75 Å². The number of hydrogen-bond donors (Lipinski definition) is 1. The molecule has 0 aliphatic carbocycles. The van der Waals surface area contributed by atoms with Gasteiger partial charge in [-0.3, -0.25) is 0 Å². The zero-order valence-corrected chi connectivity index (χ0v) is 12.1. The fraction of sp³-hybridized carbons (Fsp3) is 0.133. The number of benzene rings is 2. The van der Waals surface area contributed by atoms with Gasteiger partial charge in [-0.25, -0.2) is 0 Å². The van der Waals surface area contributed by atoms with Crippen LogP contribution in [-0.2, 0) is 6.61 Å². The Morgan fingerprint density at radius 3 is 2.74 bits per heavy atom. The van der Waals surface area contributed by atoms with Gasteiger partial charge in [-0.05, 0) is 58.2 Å². The van der Waals surface area contributed by atoms with E-state index in [9.17, 15) is 0 Å². The molecule has 2 aromatic carbocycles. The number of nitrogen functional groups attached to an aromatic ring is 1. The van der Waals surface area contributed by atoms with E-state index in [0.29, 0.717) is 23.6 Å². The lowest BCUT2D eigenvalue weighted by molar-refractivity contribution is 0.305. The smallest absolute Gasteiger partial charge is 0.156 e. The second kappa shape index (κ2) is 5.77. The number of para-hydroxylation sites is 1. The lowest BCUT2D eigenvalue weighted by atomic mass is 10.1. The highest BCUT2D eigenvalue weighted by atomic mass is 79.9. The molecule has 0 atom stereocenters. The maximum Gasteiger partial charge on any atom is 0.156 e. The van der Waals surface area contributed by atoms with Gasteiger partial charge >= 0.3 is 0 Å². The van der Waals surface area contributed by atoms with Crippen molar-refractivity contribution in [2.45, 2.75) is 13.5 Å². The predicted molar refractivity (Wildman–Crippen MR) is 78.8 cm³/mol. The van der Waals surface area contributed by atoms with Crippen molar-refractivity contribution < 1.29 is 4.74 Å². The summed E-state index contributed by atoms with van der Waals surface area (Å²) in [7, 11) is 0. The quantitative estimate of drug-likeness (QED) is 0.876. The predicted octanol–water partition coefficient (Wildman–Crippen LogP) is 3.79. The van der Waals surface area contributed by atoms with E-state index in [2.05, 4.69) is 22.0 Å². The molecule has 0 amide bonds. The Morgan fingerprint density at radius 2 is 2.11 bits per heavy atom. The second-order valence-corrected chi connectivity index (χ2v) is 5.05. The number of halogens is 1. The van der Waals surface area contributed by atoms with Crippen LogP contribution in [0.2, 0.25) is 0 Å². The van der Waals surface area contributed by atoms with Crippen LogP contribution in [0.3, 0.4) is 0 Å². The molecule has 0 heterocycles. The van der Waals surface area contributed by atoms with E-state index in [-0.39, 0.29) is 0 Å². The first-order valence-corrected chi connectivity index (χ1v) is 6.57. The second-order valence-electron chi connectivity index (χ2n) is 4.20. The number of aryl methyl sites for hydroxylation is 1. The molecule has 0 saturated heterocycles. The van der Waals surface area contributed by atoms with Gasteiger partial charge in [-0.2, -0.15) is 5.26 Å². The van der Waals surface area contributed by atoms with Crippen molar-refractivity contribution >= 4 is 21.6 Å². The molecule has 3 nitrogen and oxygen atoms in total. The molecule has 96 valence electrons. The normalized spacial score (nSPS) is 9.95. The van der Waals surface area contributed by atoms with E-state index in [1.54, 1.807) is 12.1 Å². The largest absolute Gasteiger partial charge is 0.486 e. The molecule has 0 spiro atoms. The Morgan fingerprint density at radius 1 is 1.32 bits per heavy atom. The summed E-state index contributed by atoms with van der Waals surface area (Å²) in [6, 6.07) is 13.2. The van der Waals surface area contributed by atoms with Gasteiger partial charge in [0, 0.05) is 0 Å². The highest BCUT2D eigenvalue weighted by molar-refractivity contribution is 9.10. The maximum absolute atomic E-state index is 8.83. The minimum absolute atomic E-state index is 0.421. The zero-order chi connectivity index (χ0) is 13.8. The minimum atomic E-state index is 0.421. The molecule has 4 heteroatoms. The van der Waals surface area contributed by atoms with Crippen molar-refractivity contribution in [2.24, 2.45) is 0 Å². The topological polar surface area (TPSA) is 59.0 Å². The van der Waals surface area contributed by atoms with Gasteiger partial charge in [0.15, 0.2) is 5.75 Å². The summed E-state index contributed by atoms with van der Waals surface area (Å²) in [6.07, 6.45) is 0. The van der Waals surface area contributed by atoms with Crippen molar-refractivity contribution in [3.63, 3.8) is 0 Å². The van der Waals surface area contributed by atoms with Gasteiger partial charge < -0.3 is 10.5 Å². The lowest BCUT2D eigenvalue weighted by Gasteiger charge is -2.12. The average Bonchev–Trinajstić information content (AvgIpc) is 2.39. The number of nitrogens with two attached hydrogens (primary N) is 1. The number of anilines is 1. The van der Waals surface area contributed by atoms with Crippen molar-refractivity contribution in [1.29, 1.82) is 5.26 Å². The number of nitriles is 1. The molecule has 0 radical (unpaired) electrons. The van der Waals surface area contributed by atoms with Crippen LogP contribution in [0.15, 0.2) is 40.9 Å². The van der Waals surface area contributed by atoms with Crippen LogP contribution in [-0.4, -0.2) is 0 Å².